The van der Waals surface area contributed by atoms with Crippen molar-refractivity contribution >= 4 is 5.97 Å². The summed E-state index contributed by atoms with van der Waals surface area (Å²) in [5.41, 5.74) is 2.68. The molecule has 0 aromatic carbocycles. The minimum atomic E-state index is -0.715. The lowest BCUT2D eigenvalue weighted by Gasteiger charge is -2.27. The van der Waals surface area contributed by atoms with Crippen LogP contribution in [0.15, 0.2) is 36.7 Å². The Bertz CT molecular complexity index is 1080. The monoisotopic (exact) mass is 461 g/mol. The standard InChI is InChI=1S/C26H31N5O3/c32-24(33)14-17-6-10-21(11-7-17)34-23-13-9-19(15-28-23)22-12-8-20(16-27-22)26-29-25(30-31-26)18-4-2-1-3-5-18/h8-9,12-13,15-18,21H,1-7,10-11,14H2,(H,32,33)(H,29,30,31)/t17-,21+. The van der Waals surface area contributed by atoms with Gasteiger partial charge in [0, 0.05) is 41.9 Å². The molecule has 3 heterocycles. The number of carbonyl (C=O) groups is 1. The third-order valence-corrected chi connectivity index (χ3v) is 7.11. The molecule has 34 heavy (non-hydrogen) atoms. The first-order valence-electron chi connectivity index (χ1n) is 12.4. The maximum atomic E-state index is 10.9. The number of hydrogen-bond donors (Lipinski definition) is 2. The van der Waals surface area contributed by atoms with Crippen LogP contribution < -0.4 is 4.74 Å². The Labute approximate surface area is 199 Å². The average molecular weight is 462 g/mol. The van der Waals surface area contributed by atoms with Crippen LogP contribution in [-0.2, 0) is 4.79 Å². The van der Waals surface area contributed by atoms with E-state index < -0.39 is 5.97 Å². The summed E-state index contributed by atoms with van der Waals surface area (Å²) in [5.74, 6) is 2.40. The van der Waals surface area contributed by atoms with E-state index in [2.05, 4.69) is 25.1 Å². The summed E-state index contributed by atoms with van der Waals surface area (Å²) < 4.78 is 6.03. The molecule has 2 fully saturated rings. The number of nitrogens with zero attached hydrogens (tertiary/aromatic N) is 4. The van der Waals surface area contributed by atoms with Crippen molar-refractivity contribution in [1.82, 2.24) is 25.1 Å². The van der Waals surface area contributed by atoms with Crippen molar-refractivity contribution in [2.24, 2.45) is 5.92 Å². The van der Waals surface area contributed by atoms with Crippen molar-refractivity contribution in [2.75, 3.05) is 0 Å². The summed E-state index contributed by atoms with van der Waals surface area (Å²) in [5, 5.41) is 17.7. The van der Waals surface area contributed by atoms with E-state index in [0.29, 0.717) is 11.8 Å². The third kappa shape index (κ3) is 5.43. The fraction of sp³-hybridized carbons (Fsp3) is 0.500. The zero-order valence-electron chi connectivity index (χ0n) is 19.3. The van der Waals surface area contributed by atoms with Crippen molar-refractivity contribution in [3.8, 4) is 28.5 Å². The van der Waals surface area contributed by atoms with Gasteiger partial charge >= 0.3 is 5.97 Å². The lowest BCUT2D eigenvalue weighted by atomic mass is 9.85. The first-order valence-corrected chi connectivity index (χ1v) is 12.4. The van der Waals surface area contributed by atoms with Gasteiger partial charge in [0.15, 0.2) is 5.82 Å². The van der Waals surface area contributed by atoms with Gasteiger partial charge in [0.2, 0.25) is 5.88 Å². The predicted molar refractivity (Wildman–Crippen MR) is 127 cm³/mol. The molecule has 0 bridgehead atoms. The van der Waals surface area contributed by atoms with E-state index in [-0.39, 0.29) is 18.4 Å². The van der Waals surface area contributed by atoms with Crippen LogP contribution in [0.1, 0.15) is 76.0 Å². The highest BCUT2D eigenvalue weighted by Crippen LogP contribution is 2.32. The third-order valence-electron chi connectivity index (χ3n) is 7.11. The molecule has 0 atom stereocenters. The quantitative estimate of drug-likeness (QED) is 0.485. The molecule has 0 unspecified atom stereocenters. The zero-order chi connectivity index (χ0) is 23.3. The highest BCUT2D eigenvalue weighted by Gasteiger charge is 2.24. The maximum absolute atomic E-state index is 10.9. The summed E-state index contributed by atoms with van der Waals surface area (Å²) in [7, 11) is 0. The van der Waals surface area contributed by atoms with Crippen molar-refractivity contribution in [3.05, 3.63) is 42.5 Å². The fourth-order valence-electron chi connectivity index (χ4n) is 5.14. The first-order chi connectivity index (χ1) is 16.6. The highest BCUT2D eigenvalue weighted by molar-refractivity contribution is 5.67. The SMILES string of the molecule is O=C(O)C[C@H]1CC[C@@H](Oc2ccc(-c3ccc(-c4nnc(C5CCCCC5)[nH]4)cn3)cn2)CC1. The number of aromatic amines is 1. The van der Waals surface area contributed by atoms with Crippen molar-refractivity contribution < 1.29 is 14.6 Å². The van der Waals surface area contributed by atoms with Crippen molar-refractivity contribution in [2.45, 2.75) is 76.2 Å². The lowest BCUT2D eigenvalue weighted by Crippen LogP contribution is -2.25. The topological polar surface area (TPSA) is 114 Å². The summed E-state index contributed by atoms with van der Waals surface area (Å²) in [6.07, 6.45) is 13.7. The minimum Gasteiger partial charge on any atom is -0.481 e. The normalized spacial score (nSPS) is 21.3. The molecule has 3 aromatic heterocycles. The molecule has 8 heteroatoms. The number of ether oxygens (including phenoxy) is 1. The number of nitrogens with one attached hydrogen (secondary N) is 1. The van der Waals surface area contributed by atoms with E-state index in [1.54, 1.807) is 6.20 Å². The molecule has 0 radical (unpaired) electrons. The van der Waals surface area contributed by atoms with E-state index >= 15 is 0 Å². The van der Waals surface area contributed by atoms with Gasteiger partial charge in [-0.2, -0.15) is 0 Å². The van der Waals surface area contributed by atoms with Crippen molar-refractivity contribution in [1.29, 1.82) is 0 Å². The molecule has 5 rings (SSSR count). The lowest BCUT2D eigenvalue weighted by molar-refractivity contribution is -0.138. The Hall–Kier alpha value is -3.29. The number of pyridine rings is 2. The largest absolute Gasteiger partial charge is 0.481 e. The molecular weight excluding hydrogens is 430 g/mol. The van der Waals surface area contributed by atoms with Crippen LogP contribution in [0.3, 0.4) is 0 Å². The van der Waals surface area contributed by atoms with Crippen LogP contribution in [-0.4, -0.2) is 42.3 Å². The summed E-state index contributed by atoms with van der Waals surface area (Å²) in [6.45, 7) is 0. The van der Waals surface area contributed by atoms with Gasteiger partial charge in [0.05, 0.1) is 5.69 Å². The smallest absolute Gasteiger partial charge is 0.303 e. The molecule has 2 N–H and O–H groups in total. The number of rotatable bonds is 7. The Morgan fingerprint density at radius 1 is 0.912 bits per heavy atom. The van der Waals surface area contributed by atoms with Gasteiger partial charge in [0.1, 0.15) is 11.9 Å². The van der Waals surface area contributed by atoms with Gasteiger partial charge in [-0.3, -0.25) is 9.78 Å². The van der Waals surface area contributed by atoms with E-state index in [4.69, 9.17) is 9.84 Å². The summed E-state index contributed by atoms with van der Waals surface area (Å²) in [4.78, 5) is 23.4. The second-order valence-corrected chi connectivity index (χ2v) is 9.57. The van der Waals surface area contributed by atoms with Gasteiger partial charge in [-0.05, 0) is 62.6 Å². The van der Waals surface area contributed by atoms with Gasteiger partial charge in [-0.25, -0.2) is 4.98 Å². The molecule has 0 saturated heterocycles. The number of carboxylic acids is 1. The molecule has 2 aliphatic carbocycles. The summed E-state index contributed by atoms with van der Waals surface area (Å²) >= 11 is 0. The Morgan fingerprint density at radius 3 is 2.35 bits per heavy atom. The van der Waals surface area contributed by atoms with Crippen LogP contribution in [0.25, 0.3) is 22.6 Å². The number of aromatic nitrogens is 5. The second-order valence-electron chi connectivity index (χ2n) is 9.57. The van der Waals surface area contributed by atoms with Crippen LogP contribution in [0.4, 0.5) is 0 Å². The molecule has 0 spiro atoms. The Balaban J connectivity index is 1.17. The van der Waals surface area contributed by atoms with E-state index in [1.807, 2.05) is 30.5 Å². The van der Waals surface area contributed by atoms with Crippen LogP contribution >= 0.6 is 0 Å². The average Bonchev–Trinajstić information content (AvgIpc) is 3.37. The number of H-pyrrole nitrogens is 1. The highest BCUT2D eigenvalue weighted by atomic mass is 16.5. The maximum Gasteiger partial charge on any atom is 0.303 e. The van der Waals surface area contributed by atoms with Gasteiger partial charge in [-0.15, -0.1) is 10.2 Å². The van der Waals surface area contributed by atoms with Crippen LogP contribution in [0, 0.1) is 5.92 Å². The number of hydrogen-bond acceptors (Lipinski definition) is 6. The first kappa shape index (κ1) is 22.5. The molecule has 2 aliphatic rings. The Kier molecular flexibility index (Phi) is 6.83. The van der Waals surface area contributed by atoms with Gasteiger partial charge in [-0.1, -0.05) is 19.3 Å². The molecular formula is C26H31N5O3. The van der Waals surface area contributed by atoms with Gasteiger partial charge < -0.3 is 14.8 Å². The number of carboxylic acid groups (broad SMARTS) is 1. The Morgan fingerprint density at radius 2 is 1.68 bits per heavy atom. The van der Waals surface area contributed by atoms with Crippen molar-refractivity contribution in [3.63, 3.8) is 0 Å². The summed E-state index contributed by atoms with van der Waals surface area (Å²) in [6, 6.07) is 7.82. The van der Waals surface area contributed by atoms with E-state index in [9.17, 15) is 4.79 Å². The molecule has 0 amide bonds. The fourth-order valence-corrected chi connectivity index (χ4v) is 5.14. The molecule has 3 aromatic rings. The molecule has 178 valence electrons. The predicted octanol–water partition coefficient (Wildman–Crippen LogP) is 5.39. The van der Waals surface area contributed by atoms with Gasteiger partial charge in [0.25, 0.3) is 0 Å². The zero-order valence-corrected chi connectivity index (χ0v) is 19.3. The molecule has 0 aliphatic heterocycles. The molecule has 2 saturated carbocycles. The van der Waals surface area contributed by atoms with E-state index in [1.165, 1.54) is 32.1 Å². The van der Waals surface area contributed by atoms with Crippen LogP contribution in [0.2, 0.25) is 0 Å². The molecule has 8 nitrogen and oxygen atoms in total. The van der Waals surface area contributed by atoms with Crippen LogP contribution in [0.5, 0.6) is 5.88 Å². The number of aliphatic carboxylic acids is 1. The second kappa shape index (κ2) is 10.3. The minimum absolute atomic E-state index is 0.0983. The van der Waals surface area contributed by atoms with E-state index in [0.717, 1.165) is 54.2 Å².